The van der Waals surface area contributed by atoms with Crippen LogP contribution in [-0.4, -0.2) is 65.4 Å². The van der Waals surface area contributed by atoms with Crippen molar-refractivity contribution in [3.8, 4) is 17.3 Å². The maximum Gasteiger partial charge on any atom is 0.227 e. The van der Waals surface area contributed by atoms with Crippen molar-refractivity contribution in [2.24, 2.45) is 0 Å². The van der Waals surface area contributed by atoms with Gasteiger partial charge in [0.15, 0.2) is 0 Å². The second-order valence-electron chi connectivity index (χ2n) is 8.93. The van der Waals surface area contributed by atoms with Crippen molar-refractivity contribution < 1.29 is 4.39 Å². The lowest BCUT2D eigenvalue weighted by atomic mass is 10.1. The third-order valence-electron chi connectivity index (χ3n) is 6.59. The molecule has 2 fully saturated rings. The number of pyridine rings is 2. The topological polar surface area (TPSA) is 106 Å². The SMILES string of the molecule is CN(c1ccc(Nc2nccc(-c3cnc(N4CC[C@H](F)C4)c(C#N)c3)n2)cn1)C1CCNCC1. The second-order valence-corrected chi connectivity index (χ2v) is 8.93. The summed E-state index contributed by atoms with van der Waals surface area (Å²) in [6.45, 7) is 2.90. The molecule has 5 heterocycles. The number of rotatable bonds is 6. The molecular formula is C25H28FN9. The Morgan fingerprint density at radius 3 is 2.71 bits per heavy atom. The Balaban J connectivity index is 1.30. The fourth-order valence-electron chi connectivity index (χ4n) is 4.60. The van der Waals surface area contributed by atoms with Gasteiger partial charge < -0.3 is 20.4 Å². The number of anilines is 4. The summed E-state index contributed by atoms with van der Waals surface area (Å²) in [6.07, 6.45) is 6.90. The van der Waals surface area contributed by atoms with Gasteiger partial charge in [0.05, 0.1) is 29.7 Å². The van der Waals surface area contributed by atoms with Gasteiger partial charge in [-0.05, 0) is 56.6 Å². The third kappa shape index (κ3) is 5.15. The van der Waals surface area contributed by atoms with Gasteiger partial charge in [0.25, 0.3) is 0 Å². The summed E-state index contributed by atoms with van der Waals surface area (Å²) in [7, 11) is 2.09. The van der Waals surface area contributed by atoms with Crippen LogP contribution in [-0.2, 0) is 0 Å². The molecule has 0 bridgehead atoms. The maximum absolute atomic E-state index is 13.6. The van der Waals surface area contributed by atoms with Crippen molar-refractivity contribution in [2.75, 3.05) is 48.3 Å². The van der Waals surface area contributed by atoms with Gasteiger partial charge in [0.1, 0.15) is 23.9 Å². The third-order valence-corrected chi connectivity index (χ3v) is 6.59. The van der Waals surface area contributed by atoms with Gasteiger partial charge in [-0.25, -0.2) is 24.3 Å². The lowest BCUT2D eigenvalue weighted by Crippen LogP contribution is -2.41. The molecule has 0 radical (unpaired) electrons. The summed E-state index contributed by atoms with van der Waals surface area (Å²) in [4.78, 5) is 22.0. The van der Waals surface area contributed by atoms with Crippen molar-refractivity contribution >= 4 is 23.3 Å². The minimum Gasteiger partial charge on any atom is -0.357 e. The lowest BCUT2D eigenvalue weighted by molar-refractivity contribution is 0.364. The Hall–Kier alpha value is -3.84. The van der Waals surface area contributed by atoms with Crippen molar-refractivity contribution in [1.29, 1.82) is 5.26 Å². The number of alkyl halides is 1. The zero-order valence-corrected chi connectivity index (χ0v) is 19.7. The van der Waals surface area contributed by atoms with E-state index in [0.717, 1.165) is 37.4 Å². The van der Waals surface area contributed by atoms with Gasteiger partial charge in [-0.2, -0.15) is 5.26 Å². The van der Waals surface area contributed by atoms with Gasteiger partial charge in [0, 0.05) is 37.6 Å². The Labute approximate surface area is 204 Å². The molecule has 0 aliphatic carbocycles. The number of nitrogens with one attached hydrogen (secondary N) is 2. The van der Waals surface area contributed by atoms with Gasteiger partial charge in [-0.1, -0.05) is 0 Å². The molecule has 2 saturated heterocycles. The molecule has 9 nitrogen and oxygen atoms in total. The Morgan fingerprint density at radius 1 is 1.14 bits per heavy atom. The van der Waals surface area contributed by atoms with Crippen molar-refractivity contribution in [3.05, 3.63) is 48.4 Å². The predicted octanol–water partition coefficient (Wildman–Crippen LogP) is 3.29. The van der Waals surface area contributed by atoms with Crippen LogP contribution in [0.5, 0.6) is 0 Å². The molecule has 0 amide bonds. The summed E-state index contributed by atoms with van der Waals surface area (Å²) in [5.41, 5.74) is 2.52. The van der Waals surface area contributed by atoms with E-state index >= 15 is 0 Å². The van der Waals surface area contributed by atoms with Crippen LogP contribution in [0, 0.1) is 11.3 Å². The van der Waals surface area contributed by atoms with E-state index in [4.69, 9.17) is 0 Å². The van der Waals surface area contributed by atoms with Crippen LogP contribution in [0.25, 0.3) is 11.3 Å². The zero-order chi connectivity index (χ0) is 24.2. The Bertz CT molecular complexity index is 1200. The first-order chi connectivity index (χ1) is 17.1. The van der Waals surface area contributed by atoms with Crippen LogP contribution >= 0.6 is 0 Å². The minimum atomic E-state index is -0.882. The first-order valence-corrected chi connectivity index (χ1v) is 11.9. The van der Waals surface area contributed by atoms with Crippen LogP contribution in [0.15, 0.2) is 42.9 Å². The van der Waals surface area contributed by atoms with Crippen molar-refractivity contribution in [1.82, 2.24) is 25.3 Å². The largest absolute Gasteiger partial charge is 0.357 e. The molecule has 2 N–H and O–H groups in total. The first-order valence-electron chi connectivity index (χ1n) is 11.9. The van der Waals surface area contributed by atoms with Crippen LogP contribution in [0.1, 0.15) is 24.8 Å². The molecule has 1 atom stereocenters. The average molecular weight is 474 g/mol. The molecule has 0 aromatic carbocycles. The number of piperidine rings is 1. The van der Waals surface area contributed by atoms with Gasteiger partial charge in [0.2, 0.25) is 5.95 Å². The van der Waals surface area contributed by atoms with E-state index in [0.29, 0.717) is 47.6 Å². The fourth-order valence-corrected chi connectivity index (χ4v) is 4.60. The standard InChI is InChI=1S/C25H28FN9/c1-34(21-4-8-28-9-5-21)23-3-2-20(15-30-23)32-25-29-10-6-22(33-25)18-12-17(13-27)24(31-14-18)35-11-7-19(26)16-35/h2-3,6,10,12,14-15,19,21,28H,4-5,7-9,11,16H2,1H3,(H,29,32,33)/t19-/m0/s1. The van der Waals surface area contributed by atoms with Crippen LogP contribution < -0.4 is 20.4 Å². The molecule has 2 aliphatic heterocycles. The highest BCUT2D eigenvalue weighted by molar-refractivity contribution is 5.67. The van der Waals surface area contributed by atoms with E-state index in [9.17, 15) is 9.65 Å². The normalized spacial score (nSPS) is 18.3. The highest BCUT2D eigenvalue weighted by Crippen LogP contribution is 2.28. The Morgan fingerprint density at radius 2 is 2.00 bits per heavy atom. The van der Waals surface area contributed by atoms with E-state index < -0.39 is 6.17 Å². The highest BCUT2D eigenvalue weighted by Gasteiger charge is 2.25. The summed E-state index contributed by atoms with van der Waals surface area (Å²) in [5.74, 6) is 1.87. The van der Waals surface area contributed by atoms with Crippen LogP contribution in [0.3, 0.4) is 0 Å². The monoisotopic (exact) mass is 473 g/mol. The van der Waals surface area contributed by atoms with E-state index in [1.807, 2.05) is 17.0 Å². The molecular weight excluding hydrogens is 445 g/mol. The van der Waals surface area contributed by atoms with E-state index in [-0.39, 0.29) is 6.54 Å². The number of aromatic nitrogens is 4. The van der Waals surface area contributed by atoms with Crippen LogP contribution in [0.4, 0.5) is 27.7 Å². The first kappa shape index (κ1) is 22.9. The highest BCUT2D eigenvalue weighted by atomic mass is 19.1. The lowest BCUT2D eigenvalue weighted by Gasteiger charge is -2.32. The number of nitriles is 1. The van der Waals surface area contributed by atoms with Gasteiger partial charge in [-0.3, -0.25) is 0 Å². The summed E-state index contributed by atoms with van der Waals surface area (Å²) < 4.78 is 13.6. The Kier molecular flexibility index (Phi) is 6.68. The average Bonchev–Trinajstić information content (AvgIpc) is 3.35. The molecule has 10 heteroatoms. The number of hydrogen-bond acceptors (Lipinski definition) is 9. The molecule has 35 heavy (non-hydrogen) atoms. The molecule has 0 unspecified atom stereocenters. The molecule has 3 aromatic heterocycles. The minimum absolute atomic E-state index is 0.267. The van der Waals surface area contributed by atoms with Crippen LogP contribution in [0.2, 0.25) is 0 Å². The molecule has 0 saturated carbocycles. The summed E-state index contributed by atoms with van der Waals surface area (Å²) >= 11 is 0. The number of nitrogens with zero attached hydrogens (tertiary/aromatic N) is 7. The van der Waals surface area contributed by atoms with Crippen molar-refractivity contribution in [2.45, 2.75) is 31.5 Å². The number of halogens is 1. The molecule has 3 aromatic rings. The molecule has 5 rings (SSSR count). The number of hydrogen-bond donors (Lipinski definition) is 2. The second kappa shape index (κ2) is 10.2. The van der Waals surface area contributed by atoms with E-state index in [1.54, 1.807) is 30.7 Å². The van der Waals surface area contributed by atoms with E-state index in [1.165, 1.54) is 0 Å². The molecule has 2 aliphatic rings. The summed E-state index contributed by atoms with van der Waals surface area (Å²) in [5, 5.41) is 16.2. The zero-order valence-electron chi connectivity index (χ0n) is 19.7. The maximum atomic E-state index is 13.6. The van der Waals surface area contributed by atoms with Gasteiger partial charge in [-0.15, -0.1) is 0 Å². The van der Waals surface area contributed by atoms with E-state index in [2.05, 4.69) is 48.6 Å². The molecule has 0 spiro atoms. The molecule has 180 valence electrons. The van der Waals surface area contributed by atoms with Crippen molar-refractivity contribution in [3.63, 3.8) is 0 Å². The van der Waals surface area contributed by atoms with Gasteiger partial charge >= 0.3 is 0 Å². The smallest absolute Gasteiger partial charge is 0.227 e. The summed E-state index contributed by atoms with van der Waals surface area (Å²) in [6, 6.07) is 10.2. The fraction of sp³-hybridized carbons (Fsp3) is 0.400. The quantitative estimate of drug-likeness (QED) is 0.558. The predicted molar refractivity (Wildman–Crippen MR) is 134 cm³/mol.